The molecule has 0 saturated carbocycles. The number of carbonyl (C=O) groups is 1. The topological polar surface area (TPSA) is 76.7 Å². The van der Waals surface area contributed by atoms with Crippen LogP contribution in [0.15, 0.2) is 53.7 Å². The van der Waals surface area contributed by atoms with Crippen molar-refractivity contribution in [3.63, 3.8) is 0 Å². The molecule has 2 rings (SSSR count). The first kappa shape index (κ1) is 16.1. The Balaban J connectivity index is 1.87. The predicted molar refractivity (Wildman–Crippen MR) is 88.2 cm³/mol. The number of halogens is 2. The number of amidine groups is 1. The number of nitrogens with zero attached hydrogens (tertiary/aromatic N) is 1. The van der Waals surface area contributed by atoms with Crippen LogP contribution in [0.1, 0.15) is 5.56 Å². The van der Waals surface area contributed by atoms with Gasteiger partial charge in [-0.25, -0.2) is 0 Å². The van der Waals surface area contributed by atoms with Crippen molar-refractivity contribution in [2.24, 2.45) is 10.9 Å². The largest absolute Gasteiger partial charge is 0.384 e. The SMILES string of the molecule is N/C(=N\OCC(=O)Nc1cccc(Cl)c1)c1cccc(Cl)c1. The standard InChI is InChI=1S/C15H13Cl2N3O2/c16-11-4-1-3-10(7-11)15(18)20-22-9-14(21)19-13-6-2-5-12(17)8-13/h1-8H,9H2,(H2,18,20)(H,19,21). The quantitative estimate of drug-likeness (QED) is 0.499. The van der Waals surface area contributed by atoms with E-state index in [0.717, 1.165) is 0 Å². The highest BCUT2D eigenvalue weighted by Gasteiger charge is 2.04. The summed E-state index contributed by atoms with van der Waals surface area (Å²) in [5.41, 5.74) is 6.93. The van der Waals surface area contributed by atoms with Crippen molar-refractivity contribution >= 4 is 40.6 Å². The molecule has 7 heteroatoms. The van der Waals surface area contributed by atoms with E-state index in [2.05, 4.69) is 10.5 Å². The summed E-state index contributed by atoms with van der Waals surface area (Å²) < 4.78 is 0. The maximum atomic E-state index is 11.7. The second-order valence-corrected chi connectivity index (χ2v) is 5.19. The molecule has 22 heavy (non-hydrogen) atoms. The Kier molecular flexibility index (Phi) is 5.63. The summed E-state index contributed by atoms with van der Waals surface area (Å²) >= 11 is 11.7. The Bertz CT molecular complexity index is 705. The van der Waals surface area contributed by atoms with Crippen molar-refractivity contribution in [3.05, 3.63) is 64.1 Å². The molecule has 0 unspecified atom stereocenters. The normalized spacial score (nSPS) is 11.1. The zero-order valence-electron chi connectivity index (χ0n) is 11.4. The van der Waals surface area contributed by atoms with Crippen LogP contribution in [0.5, 0.6) is 0 Å². The van der Waals surface area contributed by atoms with Gasteiger partial charge in [-0.1, -0.05) is 46.6 Å². The zero-order chi connectivity index (χ0) is 15.9. The maximum Gasteiger partial charge on any atom is 0.265 e. The number of nitrogens with two attached hydrogens (primary N) is 1. The maximum absolute atomic E-state index is 11.7. The Morgan fingerprint density at radius 3 is 2.50 bits per heavy atom. The van der Waals surface area contributed by atoms with Crippen LogP contribution < -0.4 is 11.1 Å². The lowest BCUT2D eigenvalue weighted by molar-refractivity contribution is -0.120. The van der Waals surface area contributed by atoms with Crippen molar-refractivity contribution in [1.82, 2.24) is 0 Å². The Morgan fingerprint density at radius 2 is 1.82 bits per heavy atom. The fourth-order valence-corrected chi connectivity index (χ4v) is 2.00. The molecule has 5 nitrogen and oxygen atoms in total. The third-order valence-electron chi connectivity index (χ3n) is 2.59. The smallest absolute Gasteiger partial charge is 0.265 e. The highest BCUT2D eigenvalue weighted by Crippen LogP contribution is 2.14. The van der Waals surface area contributed by atoms with Gasteiger partial charge in [0.15, 0.2) is 12.4 Å². The van der Waals surface area contributed by atoms with E-state index >= 15 is 0 Å². The molecular weight excluding hydrogens is 325 g/mol. The van der Waals surface area contributed by atoms with Crippen LogP contribution in [0.25, 0.3) is 0 Å². The summed E-state index contributed by atoms with van der Waals surface area (Å²) in [6.07, 6.45) is 0. The van der Waals surface area contributed by atoms with Crippen LogP contribution in [-0.4, -0.2) is 18.3 Å². The summed E-state index contributed by atoms with van der Waals surface area (Å²) in [7, 11) is 0. The molecule has 0 fully saturated rings. The molecule has 0 saturated heterocycles. The fraction of sp³-hybridized carbons (Fsp3) is 0.0667. The lowest BCUT2D eigenvalue weighted by atomic mass is 10.2. The van der Waals surface area contributed by atoms with Gasteiger partial charge in [0.05, 0.1) is 0 Å². The van der Waals surface area contributed by atoms with E-state index < -0.39 is 0 Å². The fourth-order valence-electron chi connectivity index (χ4n) is 1.62. The summed E-state index contributed by atoms with van der Waals surface area (Å²) in [6, 6.07) is 13.6. The van der Waals surface area contributed by atoms with Crippen molar-refractivity contribution in [3.8, 4) is 0 Å². The number of hydrogen-bond donors (Lipinski definition) is 2. The minimum Gasteiger partial charge on any atom is -0.384 e. The van der Waals surface area contributed by atoms with Crippen LogP contribution >= 0.6 is 23.2 Å². The Labute approximate surface area is 137 Å². The molecule has 0 aromatic heterocycles. The van der Waals surface area contributed by atoms with E-state index in [0.29, 0.717) is 21.3 Å². The molecule has 0 heterocycles. The van der Waals surface area contributed by atoms with E-state index in [1.165, 1.54) is 0 Å². The predicted octanol–water partition coefficient (Wildman–Crippen LogP) is 3.27. The van der Waals surface area contributed by atoms with Crippen LogP contribution in [0.3, 0.4) is 0 Å². The second-order valence-electron chi connectivity index (χ2n) is 4.32. The first-order valence-electron chi connectivity index (χ1n) is 6.31. The van der Waals surface area contributed by atoms with Gasteiger partial charge in [0, 0.05) is 21.3 Å². The molecular formula is C15H13Cl2N3O2. The number of rotatable bonds is 5. The molecule has 0 bridgehead atoms. The summed E-state index contributed by atoms with van der Waals surface area (Å²) in [5, 5.41) is 7.38. The van der Waals surface area contributed by atoms with Gasteiger partial charge in [-0.2, -0.15) is 0 Å². The van der Waals surface area contributed by atoms with E-state index in [4.69, 9.17) is 33.8 Å². The van der Waals surface area contributed by atoms with Gasteiger partial charge in [-0.05, 0) is 30.3 Å². The zero-order valence-corrected chi connectivity index (χ0v) is 12.9. The van der Waals surface area contributed by atoms with Crippen LogP contribution in [0.2, 0.25) is 10.0 Å². The number of anilines is 1. The molecule has 0 atom stereocenters. The molecule has 114 valence electrons. The Hall–Kier alpha value is -2.24. The number of oxime groups is 1. The van der Waals surface area contributed by atoms with E-state index in [1.807, 2.05) is 0 Å². The molecule has 0 aliphatic heterocycles. The molecule has 0 radical (unpaired) electrons. The van der Waals surface area contributed by atoms with E-state index in [9.17, 15) is 4.79 Å². The lowest BCUT2D eigenvalue weighted by Gasteiger charge is -2.05. The number of benzene rings is 2. The average molecular weight is 338 g/mol. The highest BCUT2D eigenvalue weighted by molar-refractivity contribution is 6.31. The number of carbonyl (C=O) groups excluding carboxylic acids is 1. The lowest BCUT2D eigenvalue weighted by Crippen LogP contribution is -2.19. The van der Waals surface area contributed by atoms with Crippen LogP contribution in [0.4, 0.5) is 5.69 Å². The first-order chi connectivity index (χ1) is 10.5. The Morgan fingerprint density at radius 1 is 1.14 bits per heavy atom. The van der Waals surface area contributed by atoms with Crippen molar-refractivity contribution in [2.75, 3.05) is 11.9 Å². The van der Waals surface area contributed by atoms with Crippen LogP contribution in [0, 0.1) is 0 Å². The van der Waals surface area contributed by atoms with Crippen LogP contribution in [-0.2, 0) is 9.63 Å². The monoisotopic (exact) mass is 337 g/mol. The van der Waals surface area contributed by atoms with Crippen molar-refractivity contribution < 1.29 is 9.63 Å². The summed E-state index contributed by atoms with van der Waals surface area (Å²) in [5.74, 6) is -0.233. The van der Waals surface area contributed by atoms with Gasteiger partial charge < -0.3 is 15.9 Å². The summed E-state index contributed by atoms with van der Waals surface area (Å²) in [6.45, 7) is -0.270. The molecule has 0 aliphatic carbocycles. The minimum absolute atomic E-state index is 0.137. The first-order valence-corrected chi connectivity index (χ1v) is 7.07. The average Bonchev–Trinajstić information content (AvgIpc) is 2.47. The third kappa shape index (κ3) is 4.95. The number of hydrogen-bond acceptors (Lipinski definition) is 3. The van der Waals surface area contributed by atoms with Crippen molar-refractivity contribution in [2.45, 2.75) is 0 Å². The molecule has 1 amide bonds. The third-order valence-corrected chi connectivity index (χ3v) is 3.06. The van der Waals surface area contributed by atoms with Crippen molar-refractivity contribution in [1.29, 1.82) is 0 Å². The van der Waals surface area contributed by atoms with Gasteiger partial charge in [0.25, 0.3) is 5.91 Å². The van der Waals surface area contributed by atoms with Gasteiger partial charge in [-0.15, -0.1) is 0 Å². The van der Waals surface area contributed by atoms with E-state index in [-0.39, 0.29) is 18.3 Å². The van der Waals surface area contributed by atoms with E-state index in [1.54, 1.807) is 48.5 Å². The second kappa shape index (κ2) is 7.68. The van der Waals surface area contributed by atoms with Gasteiger partial charge >= 0.3 is 0 Å². The van der Waals surface area contributed by atoms with Gasteiger partial charge in [-0.3, -0.25) is 4.79 Å². The van der Waals surface area contributed by atoms with Gasteiger partial charge in [0.1, 0.15) is 0 Å². The number of nitrogens with one attached hydrogen (secondary N) is 1. The minimum atomic E-state index is -0.370. The molecule has 3 N–H and O–H groups in total. The molecule has 0 aliphatic rings. The van der Waals surface area contributed by atoms with Gasteiger partial charge in [0.2, 0.25) is 0 Å². The molecule has 2 aromatic carbocycles. The molecule has 2 aromatic rings. The highest BCUT2D eigenvalue weighted by atomic mass is 35.5. The summed E-state index contributed by atoms with van der Waals surface area (Å²) in [4.78, 5) is 16.6. The molecule has 0 spiro atoms. The number of amides is 1.